The van der Waals surface area contributed by atoms with E-state index in [4.69, 9.17) is 21.7 Å². The highest BCUT2D eigenvalue weighted by Crippen LogP contribution is 2.47. The van der Waals surface area contributed by atoms with Gasteiger partial charge in [0.05, 0.1) is 37.7 Å². The number of nitrogens with one attached hydrogen (secondary N) is 1. The first-order valence-electron chi connectivity index (χ1n) is 8.90. The van der Waals surface area contributed by atoms with Crippen molar-refractivity contribution in [3.63, 3.8) is 0 Å². The first-order valence-corrected chi connectivity index (χ1v) is 10.2. The van der Waals surface area contributed by atoms with E-state index in [1.54, 1.807) is 25.6 Å². The van der Waals surface area contributed by atoms with Crippen LogP contribution in [0.5, 0.6) is 11.5 Å². The van der Waals surface area contributed by atoms with Crippen LogP contribution in [-0.2, 0) is 0 Å². The molecule has 0 saturated carbocycles. The summed E-state index contributed by atoms with van der Waals surface area (Å²) in [5, 5.41) is 6.23. The molecule has 1 aliphatic rings. The lowest BCUT2D eigenvalue weighted by atomic mass is 10.0. The maximum atomic E-state index is 5.78. The van der Waals surface area contributed by atoms with E-state index in [0.29, 0.717) is 5.11 Å². The van der Waals surface area contributed by atoms with Gasteiger partial charge in [-0.05, 0) is 60.4 Å². The summed E-state index contributed by atoms with van der Waals surface area (Å²) in [6.07, 6.45) is 1.81. The third kappa shape index (κ3) is 3.21. The quantitative estimate of drug-likeness (QED) is 0.617. The van der Waals surface area contributed by atoms with Gasteiger partial charge in [-0.15, -0.1) is 11.3 Å². The summed E-state index contributed by atoms with van der Waals surface area (Å²) in [5.74, 6) is 1.49. The summed E-state index contributed by atoms with van der Waals surface area (Å²) in [5.41, 5.74) is 3.05. The predicted molar refractivity (Wildman–Crippen MR) is 117 cm³/mol. The number of ether oxygens (including phenoxy) is 2. The van der Waals surface area contributed by atoms with Crippen molar-refractivity contribution in [2.45, 2.75) is 19.0 Å². The van der Waals surface area contributed by atoms with Crippen molar-refractivity contribution in [1.82, 2.24) is 10.3 Å². The molecule has 3 aromatic rings. The largest absolute Gasteiger partial charge is 0.497 e. The summed E-state index contributed by atoms with van der Waals surface area (Å²) >= 11 is 7.50. The Morgan fingerprint density at radius 1 is 1.14 bits per heavy atom. The van der Waals surface area contributed by atoms with Crippen LogP contribution in [0, 0.1) is 6.92 Å². The first-order chi connectivity index (χ1) is 13.6. The number of hydrogen-bond donors (Lipinski definition) is 1. The maximum Gasteiger partial charge on any atom is 0.174 e. The molecule has 3 heterocycles. The highest BCUT2D eigenvalue weighted by atomic mass is 32.1. The molecule has 1 fully saturated rings. The molecule has 1 saturated heterocycles. The number of thiophene rings is 1. The van der Waals surface area contributed by atoms with Crippen molar-refractivity contribution in [2.75, 3.05) is 19.1 Å². The van der Waals surface area contributed by atoms with Gasteiger partial charge in [0.1, 0.15) is 11.5 Å². The maximum absolute atomic E-state index is 5.78. The van der Waals surface area contributed by atoms with Crippen LogP contribution in [0.25, 0.3) is 0 Å². The fraction of sp³-hybridized carbons (Fsp3) is 0.238. The molecule has 5 nitrogen and oxygen atoms in total. The number of anilines is 1. The second-order valence-corrected chi connectivity index (χ2v) is 7.84. The second kappa shape index (κ2) is 7.77. The predicted octanol–water partition coefficient (Wildman–Crippen LogP) is 4.65. The third-order valence-electron chi connectivity index (χ3n) is 4.91. The molecule has 0 aliphatic carbocycles. The van der Waals surface area contributed by atoms with Gasteiger partial charge in [0, 0.05) is 17.1 Å². The molecule has 2 atom stereocenters. The highest BCUT2D eigenvalue weighted by molar-refractivity contribution is 7.80. The minimum Gasteiger partial charge on any atom is -0.497 e. The van der Waals surface area contributed by atoms with E-state index in [0.717, 1.165) is 22.9 Å². The normalized spacial score (nSPS) is 18.8. The molecule has 0 unspecified atom stereocenters. The number of benzene rings is 1. The Bertz CT molecular complexity index is 990. The molecule has 1 aliphatic heterocycles. The van der Waals surface area contributed by atoms with Crippen molar-refractivity contribution < 1.29 is 9.47 Å². The molecule has 28 heavy (non-hydrogen) atoms. The molecular formula is C21H21N3O2S2. The third-order valence-corrected chi connectivity index (χ3v) is 6.32. The first kappa shape index (κ1) is 18.7. The van der Waals surface area contributed by atoms with Crippen LogP contribution in [-0.4, -0.2) is 24.3 Å². The molecule has 0 radical (unpaired) electrons. The SMILES string of the molecule is COc1ccc(OC)c(N2C(=S)N[C@H](c3ccccn3)[C@H]2c2sccc2C)c1. The van der Waals surface area contributed by atoms with E-state index < -0.39 is 0 Å². The lowest BCUT2D eigenvalue weighted by Crippen LogP contribution is -2.29. The van der Waals surface area contributed by atoms with E-state index in [2.05, 4.69) is 33.6 Å². The molecule has 1 aromatic carbocycles. The molecule has 0 amide bonds. The molecule has 2 aromatic heterocycles. The van der Waals surface area contributed by atoms with Crippen LogP contribution in [0.15, 0.2) is 54.0 Å². The summed E-state index contributed by atoms with van der Waals surface area (Å²) in [4.78, 5) is 7.95. The Hall–Kier alpha value is -2.64. The number of hydrogen-bond acceptors (Lipinski definition) is 5. The van der Waals surface area contributed by atoms with Gasteiger partial charge >= 0.3 is 0 Å². The van der Waals surface area contributed by atoms with Gasteiger partial charge in [-0.2, -0.15) is 0 Å². The Morgan fingerprint density at radius 2 is 2.00 bits per heavy atom. The molecule has 0 spiro atoms. The van der Waals surface area contributed by atoms with Gasteiger partial charge in [-0.25, -0.2) is 0 Å². The van der Waals surface area contributed by atoms with E-state index in [9.17, 15) is 0 Å². The molecule has 1 N–H and O–H groups in total. The lowest BCUT2D eigenvalue weighted by Gasteiger charge is -2.29. The number of thiocarbonyl (C=S) groups is 1. The van der Waals surface area contributed by atoms with Crippen molar-refractivity contribution in [2.24, 2.45) is 0 Å². The topological polar surface area (TPSA) is 46.6 Å². The zero-order chi connectivity index (χ0) is 19.7. The fourth-order valence-electron chi connectivity index (χ4n) is 3.55. The highest BCUT2D eigenvalue weighted by Gasteiger charge is 2.43. The number of pyridine rings is 1. The van der Waals surface area contributed by atoms with Crippen LogP contribution in [0.1, 0.15) is 28.2 Å². The van der Waals surface area contributed by atoms with Gasteiger partial charge in [0.15, 0.2) is 5.11 Å². The molecular weight excluding hydrogens is 390 g/mol. The van der Waals surface area contributed by atoms with Crippen LogP contribution in [0.4, 0.5) is 5.69 Å². The van der Waals surface area contributed by atoms with Gasteiger partial charge in [-0.1, -0.05) is 6.07 Å². The van der Waals surface area contributed by atoms with Gasteiger partial charge < -0.3 is 19.7 Å². The van der Waals surface area contributed by atoms with Gasteiger partial charge in [-0.3, -0.25) is 4.98 Å². The average molecular weight is 412 g/mol. The van der Waals surface area contributed by atoms with E-state index in [1.807, 2.05) is 42.6 Å². The van der Waals surface area contributed by atoms with E-state index in [-0.39, 0.29) is 12.1 Å². The Kier molecular flexibility index (Phi) is 5.19. The number of aromatic nitrogens is 1. The van der Waals surface area contributed by atoms with Crippen molar-refractivity contribution in [3.05, 3.63) is 70.2 Å². The van der Waals surface area contributed by atoms with Crippen molar-refractivity contribution >= 4 is 34.4 Å². The van der Waals surface area contributed by atoms with Gasteiger partial charge in [0.2, 0.25) is 0 Å². The Morgan fingerprint density at radius 3 is 2.64 bits per heavy atom. The standard InChI is InChI=1S/C21H21N3O2S2/c1-13-9-11-28-20(13)19-18(15-6-4-5-10-22-15)23-21(27)24(19)16-12-14(25-2)7-8-17(16)26-3/h4-12,18-19H,1-3H3,(H,23,27)/t18-,19+/m1/s1. The summed E-state index contributed by atoms with van der Waals surface area (Å²) < 4.78 is 11.1. The number of aryl methyl sites for hydroxylation is 1. The van der Waals surface area contributed by atoms with Crippen molar-refractivity contribution in [1.29, 1.82) is 0 Å². The Labute approximate surface area is 173 Å². The number of methoxy groups -OCH3 is 2. The van der Waals surface area contributed by atoms with Gasteiger partial charge in [0.25, 0.3) is 0 Å². The number of nitrogens with zero attached hydrogens (tertiary/aromatic N) is 2. The zero-order valence-electron chi connectivity index (χ0n) is 15.9. The molecule has 0 bridgehead atoms. The number of rotatable bonds is 5. The monoisotopic (exact) mass is 411 g/mol. The molecule has 144 valence electrons. The summed E-state index contributed by atoms with van der Waals surface area (Å²) in [6.45, 7) is 2.13. The minimum absolute atomic E-state index is 0.0385. The average Bonchev–Trinajstić information content (AvgIpc) is 3.30. The van der Waals surface area contributed by atoms with Crippen LogP contribution in [0.2, 0.25) is 0 Å². The smallest absolute Gasteiger partial charge is 0.174 e. The van der Waals surface area contributed by atoms with Crippen LogP contribution >= 0.6 is 23.6 Å². The zero-order valence-corrected chi connectivity index (χ0v) is 17.5. The summed E-state index contributed by atoms with van der Waals surface area (Å²) in [7, 11) is 3.32. The fourth-order valence-corrected chi connectivity index (χ4v) is 4.95. The Balaban J connectivity index is 1.88. The van der Waals surface area contributed by atoms with E-state index >= 15 is 0 Å². The second-order valence-electron chi connectivity index (χ2n) is 6.50. The van der Waals surface area contributed by atoms with E-state index in [1.165, 1.54) is 10.4 Å². The van der Waals surface area contributed by atoms with Crippen LogP contribution < -0.4 is 19.7 Å². The minimum atomic E-state index is -0.0676. The summed E-state index contributed by atoms with van der Waals surface area (Å²) in [6, 6.07) is 13.7. The molecule has 7 heteroatoms. The van der Waals surface area contributed by atoms with Crippen LogP contribution in [0.3, 0.4) is 0 Å². The lowest BCUT2D eigenvalue weighted by molar-refractivity contribution is 0.403. The molecule has 4 rings (SSSR count). The van der Waals surface area contributed by atoms with Crippen molar-refractivity contribution in [3.8, 4) is 11.5 Å².